The van der Waals surface area contributed by atoms with E-state index in [1.165, 1.54) is 0 Å². The standard InChI is InChI=1S/C8H12N4/c1-7(5-9)12-4-3-11-8(12)6-10-2/h3-4,7,10H,6H2,1-2H3. The van der Waals surface area contributed by atoms with Crippen LogP contribution in [0.5, 0.6) is 0 Å². The summed E-state index contributed by atoms with van der Waals surface area (Å²) in [6.45, 7) is 2.54. The highest BCUT2D eigenvalue weighted by Gasteiger charge is 2.06. The highest BCUT2D eigenvalue weighted by atomic mass is 15.1. The third-order valence-electron chi connectivity index (χ3n) is 1.69. The van der Waals surface area contributed by atoms with Gasteiger partial charge in [-0.1, -0.05) is 0 Å². The van der Waals surface area contributed by atoms with Crippen molar-refractivity contribution in [3.8, 4) is 6.07 Å². The van der Waals surface area contributed by atoms with E-state index < -0.39 is 0 Å². The van der Waals surface area contributed by atoms with Gasteiger partial charge in [0, 0.05) is 12.4 Å². The van der Waals surface area contributed by atoms with Crippen molar-refractivity contribution in [2.45, 2.75) is 19.5 Å². The van der Waals surface area contributed by atoms with Crippen molar-refractivity contribution in [1.29, 1.82) is 5.26 Å². The summed E-state index contributed by atoms with van der Waals surface area (Å²) in [5, 5.41) is 11.7. The molecule has 1 heterocycles. The number of aromatic nitrogens is 2. The smallest absolute Gasteiger partial charge is 0.123 e. The van der Waals surface area contributed by atoms with Gasteiger partial charge >= 0.3 is 0 Å². The summed E-state index contributed by atoms with van der Waals surface area (Å²) < 4.78 is 1.86. The molecule has 0 aliphatic heterocycles. The Morgan fingerprint density at radius 1 is 1.83 bits per heavy atom. The molecule has 1 rings (SSSR count). The summed E-state index contributed by atoms with van der Waals surface area (Å²) in [4.78, 5) is 4.12. The van der Waals surface area contributed by atoms with Gasteiger partial charge in [-0.05, 0) is 14.0 Å². The number of nitrogens with one attached hydrogen (secondary N) is 1. The summed E-state index contributed by atoms with van der Waals surface area (Å²) in [6.07, 6.45) is 3.53. The predicted molar refractivity (Wildman–Crippen MR) is 45.3 cm³/mol. The molecule has 0 saturated carbocycles. The molecule has 0 bridgehead atoms. The molecular formula is C8H12N4. The lowest BCUT2D eigenvalue weighted by molar-refractivity contribution is 0.607. The van der Waals surface area contributed by atoms with E-state index in [0.29, 0.717) is 6.54 Å². The van der Waals surface area contributed by atoms with Crippen LogP contribution in [0.4, 0.5) is 0 Å². The third kappa shape index (κ3) is 1.63. The molecule has 0 amide bonds. The minimum absolute atomic E-state index is 0.143. The zero-order chi connectivity index (χ0) is 8.97. The van der Waals surface area contributed by atoms with E-state index in [-0.39, 0.29) is 6.04 Å². The molecule has 4 heteroatoms. The van der Waals surface area contributed by atoms with Crippen LogP contribution < -0.4 is 5.32 Å². The van der Waals surface area contributed by atoms with Crippen LogP contribution >= 0.6 is 0 Å². The topological polar surface area (TPSA) is 53.6 Å². The second-order valence-corrected chi connectivity index (χ2v) is 2.59. The molecule has 1 N–H and O–H groups in total. The molecular weight excluding hydrogens is 152 g/mol. The van der Waals surface area contributed by atoms with Gasteiger partial charge in [-0.25, -0.2) is 4.98 Å². The number of nitriles is 1. The molecule has 12 heavy (non-hydrogen) atoms. The van der Waals surface area contributed by atoms with E-state index in [9.17, 15) is 0 Å². The fourth-order valence-corrected chi connectivity index (χ4v) is 1.05. The Balaban J connectivity index is 2.85. The summed E-state index contributed by atoms with van der Waals surface area (Å²) >= 11 is 0. The molecule has 1 unspecified atom stereocenters. The molecule has 0 aliphatic carbocycles. The SMILES string of the molecule is CNCc1nccn1C(C)C#N. The molecule has 0 aliphatic rings. The monoisotopic (exact) mass is 164 g/mol. The predicted octanol–water partition coefficient (Wildman–Crippen LogP) is 0.687. The maximum atomic E-state index is 8.68. The van der Waals surface area contributed by atoms with E-state index in [1.54, 1.807) is 6.20 Å². The minimum atomic E-state index is -0.143. The highest BCUT2D eigenvalue weighted by molar-refractivity contribution is 4.99. The lowest BCUT2D eigenvalue weighted by Crippen LogP contribution is -2.13. The molecule has 4 nitrogen and oxygen atoms in total. The first-order valence-corrected chi connectivity index (χ1v) is 3.85. The lowest BCUT2D eigenvalue weighted by atomic mass is 10.3. The van der Waals surface area contributed by atoms with Crippen molar-refractivity contribution in [3.63, 3.8) is 0 Å². The summed E-state index contributed by atoms with van der Waals surface area (Å²) in [5.74, 6) is 0.895. The van der Waals surface area contributed by atoms with Crippen molar-refractivity contribution in [2.75, 3.05) is 7.05 Å². The lowest BCUT2D eigenvalue weighted by Gasteiger charge is -2.08. The molecule has 64 valence electrons. The van der Waals surface area contributed by atoms with Gasteiger partial charge < -0.3 is 9.88 Å². The Hall–Kier alpha value is -1.34. The van der Waals surface area contributed by atoms with Crippen LogP contribution in [0.15, 0.2) is 12.4 Å². The first-order valence-electron chi connectivity index (χ1n) is 3.85. The highest BCUT2D eigenvalue weighted by Crippen LogP contribution is 2.06. The van der Waals surface area contributed by atoms with E-state index in [2.05, 4.69) is 16.4 Å². The first kappa shape index (κ1) is 8.75. The van der Waals surface area contributed by atoms with Crippen molar-refractivity contribution in [1.82, 2.24) is 14.9 Å². The van der Waals surface area contributed by atoms with Crippen molar-refractivity contribution < 1.29 is 0 Å². The van der Waals surface area contributed by atoms with Gasteiger partial charge in [-0.2, -0.15) is 5.26 Å². The number of nitrogens with zero attached hydrogens (tertiary/aromatic N) is 3. The van der Waals surface area contributed by atoms with E-state index in [4.69, 9.17) is 5.26 Å². The zero-order valence-corrected chi connectivity index (χ0v) is 7.28. The Labute approximate surface area is 71.8 Å². The van der Waals surface area contributed by atoms with Crippen molar-refractivity contribution >= 4 is 0 Å². The van der Waals surface area contributed by atoms with Gasteiger partial charge in [0.05, 0.1) is 12.6 Å². The molecule has 0 spiro atoms. The molecule has 0 aromatic carbocycles. The number of imidazole rings is 1. The summed E-state index contributed by atoms with van der Waals surface area (Å²) in [6, 6.07) is 2.02. The Morgan fingerprint density at radius 3 is 3.17 bits per heavy atom. The van der Waals surface area contributed by atoms with Gasteiger partial charge in [0.25, 0.3) is 0 Å². The van der Waals surface area contributed by atoms with Gasteiger partial charge in [0.1, 0.15) is 11.9 Å². The van der Waals surface area contributed by atoms with Crippen LogP contribution in [0.3, 0.4) is 0 Å². The maximum absolute atomic E-state index is 8.68. The summed E-state index contributed by atoms with van der Waals surface area (Å²) in [7, 11) is 1.86. The fraction of sp³-hybridized carbons (Fsp3) is 0.500. The Kier molecular flexibility index (Phi) is 2.83. The fourth-order valence-electron chi connectivity index (χ4n) is 1.05. The third-order valence-corrected chi connectivity index (χ3v) is 1.69. The average molecular weight is 164 g/mol. The van der Waals surface area contributed by atoms with E-state index in [1.807, 2.05) is 24.7 Å². The van der Waals surface area contributed by atoms with Gasteiger partial charge in [0.2, 0.25) is 0 Å². The minimum Gasteiger partial charge on any atom is -0.318 e. The summed E-state index contributed by atoms with van der Waals surface area (Å²) in [5.41, 5.74) is 0. The zero-order valence-electron chi connectivity index (χ0n) is 7.28. The van der Waals surface area contributed by atoms with Crippen molar-refractivity contribution in [3.05, 3.63) is 18.2 Å². The van der Waals surface area contributed by atoms with Crippen LogP contribution in [-0.4, -0.2) is 16.6 Å². The molecule has 0 saturated heterocycles. The average Bonchev–Trinajstić information content (AvgIpc) is 2.52. The second-order valence-electron chi connectivity index (χ2n) is 2.59. The Morgan fingerprint density at radius 2 is 2.58 bits per heavy atom. The van der Waals surface area contributed by atoms with Crippen LogP contribution in [0, 0.1) is 11.3 Å². The van der Waals surface area contributed by atoms with Crippen LogP contribution in [0.25, 0.3) is 0 Å². The van der Waals surface area contributed by atoms with Gasteiger partial charge in [-0.3, -0.25) is 0 Å². The number of rotatable bonds is 3. The molecule has 0 fully saturated rings. The molecule has 1 aromatic rings. The number of hydrogen-bond acceptors (Lipinski definition) is 3. The normalized spacial score (nSPS) is 12.4. The molecule has 1 aromatic heterocycles. The van der Waals surface area contributed by atoms with Crippen molar-refractivity contribution in [2.24, 2.45) is 0 Å². The van der Waals surface area contributed by atoms with Crippen LogP contribution in [0.2, 0.25) is 0 Å². The van der Waals surface area contributed by atoms with Crippen LogP contribution in [-0.2, 0) is 6.54 Å². The molecule has 0 radical (unpaired) electrons. The Bertz CT molecular complexity index is 283. The van der Waals surface area contributed by atoms with E-state index >= 15 is 0 Å². The van der Waals surface area contributed by atoms with Gasteiger partial charge in [-0.15, -0.1) is 0 Å². The largest absolute Gasteiger partial charge is 0.318 e. The molecule has 1 atom stereocenters. The van der Waals surface area contributed by atoms with E-state index in [0.717, 1.165) is 5.82 Å². The maximum Gasteiger partial charge on any atom is 0.123 e. The first-order chi connectivity index (χ1) is 5.79. The second kappa shape index (κ2) is 3.88. The van der Waals surface area contributed by atoms with Crippen LogP contribution in [0.1, 0.15) is 18.8 Å². The quantitative estimate of drug-likeness (QED) is 0.715. The number of hydrogen-bond donors (Lipinski definition) is 1. The van der Waals surface area contributed by atoms with Gasteiger partial charge in [0.15, 0.2) is 0 Å².